The Morgan fingerprint density at radius 3 is 2.31 bits per heavy atom. The highest BCUT2D eigenvalue weighted by Crippen LogP contribution is 2.35. The highest BCUT2D eigenvalue weighted by molar-refractivity contribution is 6.08. The first-order valence-corrected chi connectivity index (χ1v) is 8.56. The third kappa shape index (κ3) is 3.29. The van der Waals surface area contributed by atoms with Gasteiger partial charge in [-0.15, -0.1) is 0 Å². The maximum absolute atomic E-state index is 12.8. The molecule has 5 nitrogen and oxygen atoms in total. The summed E-state index contributed by atoms with van der Waals surface area (Å²) in [6.07, 6.45) is 0. The normalized spacial score (nSPS) is 15.6. The number of carbonyl (C=O) groups is 1. The predicted octanol–water partition coefficient (Wildman–Crippen LogP) is 3.90. The van der Waals surface area contributed by atoms with Crippen LogP contribution in [-0.4, -0.2) is 37.4 Å². The number of methoxy groups -OCH3 is 2. The van der Waals surface area contributed by atoms with Gasteiger partial charge in [0.05, 0.1) is 26.5 Å². The van der Waals surface area contributed by atoms with Crippen molar-refractivity contribution in [3.63, 3.8) is 0 Å². The van der Waals surface area contributed by atoms with Gasteiger partial charge in [-0.2, -0.15) is 5.10 Å². The Morgan fingerprint density at radius 1 is 1.04 bits per heavy atom. The van der Waals surface area contributed by atoms with Gasteiger partial charge in [0.1, 0.15) is 0 Å². The average Bonchev–Trinajstić information content (AvgIpc) is 2.96. The van der Waals surface area contributed by atoms with Gasteiger partial charge in [0.15, 0.2) is 11.5 Å². The van der Waals surface area contributed by atoms with E-state index < -0.39 is 0 Å². The van der Waals surface area contributed by atoms with E-state index in [9.17, 15) is 4.79 Å². The molecule has 0 saturated heterocycles. The standard InChI is InChI=1S/C21H24N2O3/c1-14-6-8-15(9-7-14)20(24)23-13-21(2,3)19(22-23)16-10-11-17(25-4)18(12-16)26-5/h6-12H,13H2,1-5H3. The first-order chi connectivity index (χ1) is 12.4. The van der Waals surface area contributed by atoms with Crippen LogP contribution in [0.15, 0.2) is 47.6 Å². The van der Waals surface area contributed by atoms with E-state index >= 15 is 0 Å². The van der Waals surface area contributed by atoms with Gasteiger partial charge in [0.25, 0.3) is 5.91 Å². The SMILES string of the molecule is COc1ccc(C2=NN(C(=O)c3ccc(C)cc3)CC2(C)C)cc1OC. The summed E-state index contributed by atoms with van der Waals surface area (Å²) in [5, 5.41) is 6.20. The van der Waals surface area contributed by atoms with Crippen molar-refractivity contribution < 1.29 is 14.3 Å². The summed E-state index contributed by atoms with van der Waals surface area (Å²) < 4.78 is 10.7. The number of rotatable bonds is 4. The first-order valence-electron chi connectivity index (χ1n) is 8.56. The highest BCUT2D eigenvalue weighted by atomic mass is 16.5. The molecule has 2 aromatic carbocycles. The van der Waals surface area contributed by atoms with Gasteiger partial charge < -0.3 is 9.47 Å². The monoisotopic (exact) mass is 352 g/mol. The van der Waals surface area contributed by atoms with Crippen molar-refractivity contribution in [2.45, 2.75) is 20.8 Å². The molecule has 0 N–H and O–H groups in total. The van der Waals surface area contributed by atoms with Crippen LogP contribution in [0.2, 0.25) is 0 Å². The first kappa shape index (κ1) is 18.0. The number of nitrogens with zero attached hydrogens (tertiary/aromatic N) is 2. The molecule has 1 aliphatic rings. The molecule has 1 aliphatic heterocycles. The molecule has 1 amide bonds. The number of carbonyl (C=O) groups excluding carboxylic acids is 1. The minimum Gasteiger partial charge on any atom is -0.493 e. The van der Waals surface area contributed by atoms with Crippen molar-refractivity contribution in [2.75, 3.05) is 20.8 Å². The van der Waals surface area contributed by atoms with E-state index in [-0.39, 0.29) is 11.3 Å². The van der Waals surface area contributed by atoms with Gasteiger partial charge in [0.2, 0.25) is 0 Å². The molecule has 0 fully saturated rings. The van der Waals surface area contributed by atoms with Crippen LogP contribution in [0, 0.1) is 12.3 Å². The number of hydrazone groups is 1. The fourth-order valence-corrected chi connectivity index (χ4v) is 3.14. The topological polar surface area (TPSA) is 51.1 Å². The minimum absolute atomic E-state index is 0.0893. The number of benzene rings is 2. The molecule has 2 aromatic rings. The summed E-state index contributed by atoms with van der Waals surface area (Å²) in [4.78, 5) is 12.8. The number of hydrogen-bond donors (Lipinski definition) is 0. The van der Waals surface area contributed by atoms with Gasteiger partial charge in [-0.1, -0.05) is 31.5 Å². The molecule has 0 saturated carbocycles. The summed E-state index contributed by atoms with van der Waals surface area (Å²) in [6, 6.07) is 13.3. The molecule has 0 unspecified atom stereocenters. The second-order valence-corrected chi connectivity index (χ2v) is 7.13. The van der Waals surface area contributed by atoms with Crippen molar-refractivity contribution in [3.05, 3.63) is 59.2 Å². The molecule has 5 heteroatoms. The molecular formula is C21H24N2O3. The van der Waals surface area contributed by atoms with E-state index in [0.29, 0.717) is 23.6 Å². The second-order valence-electron chi connectivity index (χ2n) is 7.13. The lowest BCUT2D eigenvalue weighted by Crippen LogP contribution is -2.31. The Morgan fingerprint density at radius 2 is 1.69 bits per heavy atom. The summed E-state index contributed by atoms with van der Waals surface area (Å²) in [7, 11) is 3.22. The molecule has 0 radical (unpaired) electrons. The summed E-state index contributed by atoms with van der Waals surface area (Å²) >= 11 is 0. The number of hydrogen-bond acceptors (Lipinski definition) is 4. The summed E-state index contributed by atoms with van der Waals surface area (Å²) in [5.74, 6) is 1.22. The zero-order chi connectivity index (χ0) is 18.9. The molecule has 1 heterocycles. The van der Waals surface area contributed by atoms with Crippen LogP contribution in [0.25, 0.3) is 0 Å². The van der Waals surface area contributed by atoms with Gasteiger partial charge in [0, 0.05) is 16.5 Å². The van der Waals surface area contributed by atoms with E-state index in [1.807, 2.05) is 49.4 Å². The van der Waals surface area contributed by atoms with Gasteiger partial charge in [-0.05, 0) is 37.3 Å². The maximum atomic E-state index is 12.8. The molecule has 0 spiro atoms. The van der Waals surface area contributed by atoms with E-state index in [4.69, 9.17) is 9.47 Å². The molecule has 0 aromatic heterocycles. The Labute approximate surface area is 154 Å². The van der Waals surface area contributed by atoms with E-state index in [1.165, 1.54) is 0 Å². The fraction of sp³-hybridized carbons (Fsp3) is 0.333. The average molecular weight is 352 g/mol. The molecule has 136 valence electrons. The van der Waals surface area contributed by atoms with E-state index in [1.54, 1.807) is 19.2 Å². The number of amides is 1. The minimum atomic E-state index is -0.264. The van der Waals surface area contributed by atoms with Gasteiger partial charge in [-0.25, -0.2) is 5.01 Å². The van der Waals surface area contributed by atoms with Crippen LogP contribution in [0.5, 0.6) is 11.5 Å². The van der Waals surface area contributed by atoms with Crippen molar-refractivity contribution in [1.29, 1.82) is 0 Å². The summed E-state index contributed by atoms with van der Waals surface area (Å²) in [5.41, 5.74) is 3.28. The molecule has 0 bridgehead atoms. The third-order valence-corrected chi connectivity index (χ3v) is 4.60. The van der Waals surface area contributed by atoms with Crippen molar-refractivity contribution in [2.24, 2.45) is 10.5 Å². The third-order valence-electron chi connectivity index (χ3n) is 4.60. The Kier molecular flexibility index (Phi) is 4.72. The van der Waals surface area contributed by atoms with Crippen LogP contribution in [0.4, 0.5) is 0 Å². The molecule has 3 rings (SSSR count). The largest absolute Gasteiger partial charge is 0.493 e. The predicted molar refractivity (Wildman–Crippen MR) is 102 cm³/mol. The van der Waals surface area contributed by atoms with Gasteiger partial charge >= 0.3 is 0 Å². The number of ether oxygens (including phenoxy) is 2. The van der Waals surface area contributed by atoms with Crippen LogP contribution < -0.4 is 9.47 Å². The lowest BCUT2D eigenvalue weighted by Gasteiger charge is -2.21. The quantitative estimate of drug-likeness (QED) is 0.838. The van der Waals surface area contributed by atoms with Crippen LogP contribution in [0.3, 0.4) is 0 Å². The van der Waals surface area contributed by atoms with Gasteiger partial charge in [-0.3, -0.25) is 4.79 Å². The smallest absolute Gasteiger partial charge is 0.273 e. The van der Waals surface area contributed by atoms with Crippen molar-refractivity contribution in [3.8, 4) is 11.5 Å². The van der Waals surface area contributed by atoms with Crippen molar-refractivity contribution >= 4 is 11.6 Å². The molecule has 0 atom stereocenters. The number of aryl methyl sites for hydroxylation is 1. The van der Waals surface area contributed by atoms with E-state index in [2.05, 4.69) is 18.9 Å². The van der Waals surface area contributed by atoms with Crippen molar-refractivity contribution in [1.82, 2.24) is 5.01 Å². The fourth-order valence-electron chi connectivity index (χ4n) is 3.14. The Balaban J connectivity index is 1.95. The Hall–Kier alpha value is -2.82. The molecular weight excluding hydrogens is 328 g/mol. The highest BCUT2D eigenvalue weighted by Gasteiger charge is 2.38. The maximum Gasteiger partial charge on any atom is 0.273 e. The lowest BCUT2D eigenvalue weighted by atomic mass is 9.84. The zero-order valence-corrected chi connectivity index (χ0v) is 15.9. The van der Waals surface area contributed by atoms with E-state index in [0.717, 1.165) is 16.8 Å². The molecule has 26 heavy (non-hydrogen) atoms. The zero-order valence-electron chi connectivity index (χ0n) is 15.9. The van der Waals surface area contributed by atoms with Crippen LogP contribution in [-0.2, 0) is 0 Å². The molecule has 0 aliphatic carbocycles. The van der Waals surface area contributed by atoms with Crippen LogP contribution in [0.1, 0.15) is 35.3 Å². The second kappa shape index (κ2) is 6.83. The van der Waals surface area contributed by atoms with Crippen LogP contribution >= 0.6 is 0 Å². The summed E-state index contributed by atoms with van der Waals surface area (Å²) in [6.45, 7) is 6.71. The lowest BCUT2D eigenvalue weighted by molar-refractivity contribution is 0.0753. The Bertz CT molecular complexity index is 854.